The number of rotatable bonds is 3. The second-order valence-corrected chi connectivity index (χ2v) is 5.03. The standard InChI is InChI=1S/C16H12ClNO3/c17-14-5-12-8-19-10-21-16(12)13(6-14)9-20-15-3-1-2-11(4-15)7-18/h1-6H,8-10H2. The number of hydrogen-bond donors (Lipinski definition) is 0. The van der Waals surface area contributed by atoms with Crippen molar-refractivity contribution in [2.45, 2.75) is 13.2 Å². The van der Waals surface area contributed by atoms with Crippen molar-refractivity contribution in [2.24, 2.45) is 0 Å². The largest absolute Gasteiger partial charge is 0.489 e. The number of nitriles is 1. The van der Waals surface area contributed by atoms with Crippen molar-refractivity contribution in [3.05, 3.63) is 58.1 Å². The van der Waals surface area contributed by atoms with Crippen molar-refractivity contribution in [2.75, 3.05) is 6.79 Å². The van der Waals surface area contributed by atoms with E-state index in [1.54, 1.807) is 18.2 Å². The van der Waals surface area contributed by atoms with E-state index in [1.165, 1.54) is 0 Å². The molecule has 0 N–H and O–H groups in total. The number of fused-ring (bicyclic) bond motifs is 1. The molecule has 3 rings (SSSR count). The first-order chi connectivity index (χ1) is 10.3. The average molecular weight is 302 g/mol. The molecule has 0 aromatic heterocycles. The van der Waals surface area contributed by atoms with Crippen LogP contribution in [0.1, 0.15) is 16.7 Å². The predicted octanol–water partition coefficient (Wildman–Crippen LogP) is 3.66. The van der Waals surface area contributed by atoms with Gasteiger partial charge in [-0.3, -0.25) is 0 Å². The van der Waals surface area contributed by atoms with Crippen molar-refractivity contribution in [3.63, 3.8) is 0 Å². The first kappa shape index (κ1) is 13.7. The first-order valence-electron chi connectivity index (χ1n) is 6.41. The Morgan fingerprint density at radius 1 is 1.29 bits per heavy atom. The summed E-state index contributed by atoms with van der Waals surface area (Å²) in [5.74, 6) is 1.40. The van der Waals surface area contributed by atoms with Crippen LogP contribution in [0.5, 0.6) is 11.5 Å². The van der Waals surface area contributed by atoms with E-state index in [0.29, 0.717) is 29.5 Å². The molecule has 0 amide bonds. The van der Waals surface area contributed by atoms with Gasteiger partial charge < -0.3 is 14.2 Å². The molecule has 0 saturated carbocycles. The number of hydrogen-bond acceptors (Lipinski definition) is 4. The molecule has 106 valence electrons. The molecule has 5 heteroatoms. The Morgan fingerprint density at radius 2 is 2.19 bits per heavy atom. The molecular formula is C16H12ClNO3. The van der Waals surface area contributed by atoms with Crippen molar-refractivity contribution in [3.8, 4) is 17.6 Å². The summed E-state index contributed by atoms with van der Waals surface area (Å²) in [6.07, 6.45) is 0. The van der Waals surface area contributed by atoms with Gasteiger partial charge in [0.05, 0.1) is 18.2 Å². The van der Waals surface area contributed by atoms with Gasteiger partial charge in [0.15, 0.2) is 6.79 Å². The lowest BCUT2D eigenvalue weighted by Crippen LogP contribution is -2.14. The molecule has 4 nitrogen and oxygen atoms in total. The minimum atomic E-state index is 0.228. The van der Waals surface area contributed by atoms with Crippen LogP contribution in [0.3, 0.4) is 0 Å². The monoisotopic (exact) mass is 301 g/mol. The molecule has 21 heavy (non-hydrogen) atoms. The SMILES string of the molecule is N#Cc1cccc(OCc2cc(Cl)cc3c2OCOC3)c1. The van der Waals surface area contributed by atoms with Crippen LogP contribution < -0.4 is 9.47 Å². The quantitative estimate of drug-likeness (QED) is 0.868. The number of nitrogens with zero attached hydrogens (tertiary/aromatic N) is 1. The zero-order chi connectivity index (χ0) is 14.7. The third-order valence-electron chi connectivity index (χ3n) is 3.11. The van der Waals surface area contributed by atoms with Crippen molar-refractivity contribution < 1.29 is 14.2 Å². The predicted molar refractivity (Wildman–Crippen MR) is 77.2 cm³/mol. The Kier molecular flexibility index (Phi) is 3.96. The molecule has 1 aliphatic heterocycles. The van der Waals surface area contributed by atoms with Gasteiger partial charge in [0, 0.05) is 16.1 Å². The molecule has 0 saturated heterocycles. The topological polar surface area (TPSA) is 51.5 Å². The Bertz CT molecular complexity index is 709. The van der Waals surface area contributed by atoms with Crippen LogP contribution in [0.25, 0.3) is 0 Å². The molecule has 0 unspecified atom stereocenters. The van der Waals surface area contributed by atoms with Gasteiger partial charge in [0.25, 0.3) is 0 Å². The van der Waals surface area contributed by atoms with Gasteiger partial charge in [0.2, 0.25) is 0 Å². The third-order valence-corrected chi connectivity index (χ3v) is 3.33. The average Bonchev–Trinajstić information content (AvgIpc) is 2.52. The minimum Gasteiger partial charge on any atom is -0.489 e. The van der Waals surface area contributed by atoms with Crippen LogP contribution in [0.15, 0.2) is 36.4 Å². The fraction of sp³-hybridized carbons (Fsp3) is 0.188. The Morgan fingerprint density at radius 3 is 3.05 bits per heavy atom. The summed E-state index contributed by atoms with van der Waals surface area (Å²) in [6, 6.07) is 12.7. The van der Waals surface area contributed by atoms with E-state index in [4.69, 9.17) is 31.1 Å². The Hall–Kier alpha value is -2.22. The lowest BCUT2D eigenvalue weighted by Gasteiger charge is -2.21. The molecule has 2 aromatic carbocycles. The zero-order valence-electron chi connectivity index (χ0n) is 11.1. The lowest BCUT2D eigenvalue weighted by molar-refractivity contribution is -0.0175. The molecule has 2 aromatic rings. The first-order valence-corrected chi connectivity index (χ1v) is 6.79. The van der Waals surface area contributed by atoms with Crippen LogP contribution in [0.2, 0.25) is 5.02 Å². The summed E-state index contributed by atoms with van der Waals surface area (Å²) >= 11 is 6.10. The van der Waals surface area contributed by atoms with Crippen LogP contribution in [-0.2, 0) is 18.0 Å². The van der Waals surface area contributed by atoms with Crippen molar-refractivity contribution in [1.82, 2.24) is 0 Å². The fourth-order valence-electron chi connectivity index (χ4n) is 2.18. The summed E-state index contributed by atoms with van der Waals surface area (Å²) < 4.78 is 16.5. The molecule has 1 aliphatic rings. The number of benzene rings is 2. The normalized spacial score (nSPS) is 13.0. The second-order valence-electron chi connectivity index (χ2n) is 4.59. The van der Waals surface area contributed by atoms with E-state index in [-0.39, 0.29) is 6.79 Å². The van der Waals surface area contributed by atoms with Gasteiger partial charge in [-0.2, -0.15) is 5.26 Å². The summed E-state index contributed by atoms with van der Waals surface area (Å²) in [5.41, 5.74) is 2.34. The number of halogens is 1. The highest BCUT2D eigenvalue weighted by molar-refractivity contribution is 6.30. The summed E-state index contributed by atoms with van der Waals surface area (Å²) in [4.78, 5) is 0. The van der Waals surface area contributed by atoms with E-state index in [0.717, 1.165) is 16.9 Å². The summed E-state index contributed by atoms with van der Waals surface area (Å²) in [6.45, 7) is 1.02. The van der Waals surface area contributed by atoms with Crippen molar-refractivity contribution in [1.29, 1.82) is 5.26 Å². The zero-order valence-corrected chi connectivity index (χ0v) is 11.9. The van der Waals surface area contributed by atoms with Gasteiger partial charge in [-0.05, 0) is 30.3 Å². The Balaban J connectivity index is 1.82. The molecule has 1 heterocycles. The second kappa shape index (κ2) is 6.04. The van der Waals surface area contributed by atoms with Crippen molar-refractivity contribution >= 4 is 11.6 Å². The fourth-order valence-corrected chi connectivity index (χ4v) is 2.44. The van der Waals surface area contributed by atoms with E-state index in [2.05, 4.69) is 6.07 Å². The maximum atomic E-state index is 8.88. The van der Waals surface area contributed by atoms with Crippen LogP contribution >= 0.6 is 11.6 Å². The van der Waals surface area contributed by atoms with Gasteiger partial charge >= 0.3 is 0 Å². The van der Waals surface area contributed by atoms with E-state index in [1.807, 2.05) is 18.2 Å². The van der Waals surface area contributed by atoms with Crippen LogP contribution in [0.4, 0.5) is 0 Å². The van der Waals surface area contributed by atoms with Crippen LogP contribution in [0, 0.1) is 11.3 Å². The van der Waals surface area contributed by atoms with Gasteiger partial charge in [-0.25, -0.2) is 0 Å². The minimum absolute atomic E-state index is 0.228. The molecule has 0 bridgehead atoms. The maximum Gasteiger partial charge on any atom is 0.189 e. The molecule has 0 radical (unpaired) electrons. The molecular weight excluding hydrogens is 290 g/mol. The lowest BCUT2D eigenvalue weighted by atomic mass is 10.1. The highest BCUT2D eigenvalue weighted by atomic mass is 35.5. The van der Waals surface area contributed by atoms with E-state index in [9.17, 15) is 0 Å². The van der Waals surface area contributed by atoms with Gasteiger partial charge in [0.1, 0.15) is 18.1 Å². The highest BCUT2D eigenvalue weighted by Crippen LogP contribution is 2.32. The van der Waals surface area contributed by atoms with Crippen LogP contribution in [-0.4, -0.2) is 6.79 Å². The smallest absolute Gasteiger partial charge is 0.189 e. The molecule has 0 aliphatic carbocycles. The molecule has 0 atom stereocenters. The highest BCUT2D eigenvalue weighted by Gasteiger charge is 2.16. The summed E-state index contributed by atoms with van der Waals surface area (Å²) in [7, 11) is 0. The van der Waals surface area contributed by atoms with E-state index < -0.39 is 0 Å². The third kappa shape index (κ3) is 3.10. The van der Waals surface area contributed by atoms with Gasteiger partial charge in [-0.15, -0.1) is 0 Å². The van der Waals surface area contributed by atoms with E-state index >= 15 is 0 Å². The molecule has 0 fully saturated rings. The summed E-state index contributed by atoms with van der Waals surface area (Å²) in [5, 5.41) is 9.50. The molecule has 0 spiro atoms. The number of ether oxygens (including phenoxy) is 3. The Labute approximate surface area is 127 Å². The maximum absolute atomic E-state index is 8.88. The van der Waals surface area contributed by atoms with Gasteiger partial charge in [-0.1, -0.05) is 17.7 Å².